The number of ether oxygens (including phenoxy) is 2. The number of anilines is 1. The minimum atomic E-state index is -0.346. The van der Waals surface area contributed by atoms with Crippen LogP contribution in [0.1, 0.15) is 22.3 Å². The third kappa shape index (κ3) is 5.62. The van der Waals surface area contributed by atoms with E-state index in [1.165, 1.54) is 26.4 Å². The first kappa shape index (κ1) is 20.1. The molecule has 2 aromatic carbocycles. The van der Waals surface area contributed by atoms with E-state index in [1.807, 2.05) is 6.07 Å². The number of carbonyl (C=O) groups is 2. The number of rotatable bonds is 7. The number of nitriles is 1. The molecule has 2 amide bonds. The maximum Gasteiger partial charge on any atom is 0.251 e. The number of carbonyl (C=O) groups excluding carboxylic acids is 2. The third-order valence-corrected chi connectivity index (χ3v) is 3.94. The summed E-state index contributed by atoms with van der Waals surface area (Å²) in [5.41, 5.74) is 1.17. The highest BCUT2D eigenvalue weighted by molar-refractivity contribution is 6.32. The first-order valence-corrected chi connectivity index (χ1v) is 8.35. The summed E-state index contributed by atoms with van der Waals surface area (Å²) in [6.07, 6.45) is 0.0739. The molecule has 0 aliphatic heterocycles. The lowest BCUT2D eigenvalue weighted by Crippen LogP contribution is -2.27. The van der Waals surface area contributed by atoms with Gasteiger partial charge in [0.05, 0.1) is 24.8 Å². The Morgan fingerprint density at radius 3 is 2.33 bits per heavy atom. The SMILES string of the molecule is COc1cc(OC)cc(C(=O)NCCC(=O)Nc2ccc(C#N)c(Cl)c2)c1. The number of benzene rings is 2. The lowest BCUT2D eigenvalue weighted by atomic mass is 10.2. The zero-order chi connectivity index (χ0) is 19.8. The number of hydrogen-bond acceptors (Lipinski definition) is 5. The molecule has 0 saturated carbocycles. The van der Waals surface area contributed by atoms with Crippen molar-refractivity contribution in [2.75, 3.05) is 26.1 Å². The summed E-state index contributed by atoms with van der Waals surface area (Å²) in [5, 5.41) is 14.4. The Bertz CT molecular complexity index is 871. The number of halogens is 1. The summed E-state index contributed by atoms with van der Waals surface area (Å²) in [5.74, 6) is 0.352. The van der Waals surface area contributed by atoms with Gasteiger partial charge in [0.2, 0.25) is 5.91 Å². The molecule has 8 heteroatoms. The van der Waals surface area contributed by atoms with Gasteiger partial charge in [-0.2, -0.15) is 5.26 Å². The zero-order valence-electron chi connectivity index (χ0n) is 14.8. The Hall–Kier alpha value is -3.24. The van der Waals surface area contributed by atoms with E-state index in [0.29, 0.717) is 28.3 Å². The van der Waals surface area contributed by atoms with Crippen molar-refractivity contribution in [1.29, 1.82) is 5.26 Å². The molecule has 0 bridgehead atoms. The van der Waals surface area contributed by atoms with Crippen LogP contribution in [0.4, 0.5) is 5.69 Å². The van der Waals surface area contributed by atoms with Gasteiger partial charge >= 0.3 is 0 Å². The quantitative estimate of drug-likeness (QED) is 0.760. The van der Waals surface area contributed by atoms with Crippen molar-refractivity contribution in [2.24, 2.45) is 0 Å². The number of methoxy groups -OCH3 is 2. The van der Waals surface area contributed by atoms with Crippen molar-refractivity contribution in [3.8, 4) is 17.6 Å². The van der Waals surface area contributed by atoms with Crippen LogP contribution in [0, 0.1) is 11.3 Å². The molecule has 0 fully saturated rings. The summed E-state index contributed by atoms with van der Waals surface area (Å²) >= 11 is 5.92. The molecule has 27 heavy (non-hydrogen) atoms. The fourth-order valence-electron chi connectivity index (χ4n) is 2.24. The highest BCUT2D eigenvalue weighted by Gasteiger charge is 2.11. The molecule has 0 aromatic heterocycles. The summed E-state index contributed by atoms with van der Waals surface area (Å²) in [4.78, 5) is 24.2. The minimum Gasteiger partial charge on any atom is -0.497 e. The smallest absolute Gasteiger partial charge is 0.251 e. The molecular weight excluding hydrogens is 370 g/mol. The highest BCUT2D eigenvalue weighted by atomic mass is 35.5. The maximum atomic E-state index is 12.2. The van der Waals surface area contributed by atoms with E-state index in [4.69, 9.17) is 26.3 Å². The molecule has 2 N–H and O–H groups in total. The molecule has 2 rings (SSSR count). The first-order chi connectivity index (χ1) is 13.0. The van der Waals surface area contributed by atoms with Gasteiger partial charge in [0.15, 0.2) is 0 Å². The van der Waals surface area contributed by atoms with Crippen LogP contribution in [0.3, 0.4) is 0 Å². The average molecular weight is 388 g/mol. The largest absolute Gasteiger partial charge is 0.497 e. The van der Waals surface area contributed by atoms with Crippen LogP contribution < -0.4 is 20.1 Å². The molecule has 0 aliphatic carbocycles. The highest BCUT2D eigenvalue weighted by Crippen LogP contribution is 2.22. The lowest BCUT2D eigenvalue weighted by Gasteiger charge is -2.10. The standard InChI is InChI=1S/C19H18ClN3O4/c1-26-15-7-13(8-16(10-15)27-2)19(25)22-6-5-18(24)23-14-4-3-12(11-21)17(20)9-14/h3-4,7-10H,5-6H2,1-2H3,(H,22,25)(H,23,24). The molecule has 0 unspecified atom stereocenters. The van der Waals surface area contributed by atoms with Gasteiger partial charge in [0.25, 0.3) is 5.91 Å². The second-order valence-electron chi connectivity index (χ2n) is 5.46. The normalized spacial score (nSPS) is 9.85. The molecule has 0 radical (unpaired) electrons. The average Bonchev–Trinajstić information content (AvgIpc) is 2.67. The van der Waals surface area contributed by atoms with Gasteiger partial charge < -0.3 is 20.1 Å². The van der Waals surface area contributed by atoms with Crippen molar-refractivity contribution >= 4 is 29.1 Å². The van der Waals surface area contributed by atoms with Gasteiger partial charge in [-0.3, -0.25) is 9.59 Å². The third-order valence-electron chi connectivity index (χ3n) is 3.62. The molecule has 7 nitrogen and oxygen atoms in total. The summed E-state index contributed by atoms with van der Waals surface area (Å²) < 4.78 is 10.3. The van der Waals surface area contributed by atoms with E-state index >= 15 is 0 Å². The fraction of sp³-hybridized carbons (Fsp3) is 0.211. The minimum absolute atomic E-state index is 0.0739. The molecule has 0 heterocycles. The second kappa shape index (κ2) is 9.46. The monoisotopic (exact) mass is 387 g/mol. The van der Waals surface area contributed by atoms with Crippen LogP contribution in [0.2, 0.25) is 5.02 Å². The Kier molecular flexibility index (Phi) is 7.03. The van der Waals surface area contributed by atoms with Crippen molar-refractivity contribution in [3.63, 3.8) is 0 Å². The van der Waals surface area contributed by atoms with Crippen LogP contribution in [0.25, 0.3) is 0 Å². The number of amides is 2. The Morgan fingerprint density at radius 1 is 1.11 bits per heavy atom. The molecule has 0 saturated heterocycles. The van der Waals surface area contributed by atoms with Gasteiger partial charge in [-0.25, -0.2) is 0 Å². The zero-order valence-corrected chi connectivity index (χ0v) is 15.6. The number of nitrogens with one attached hydrogen (secondary N) is 2. The van der Waals surface area contributed by atoms with Gasteiger partial charge in [-0.15, -0.1) is 0 Å². The van der Waals surface area contributed by atoms with Gasteiger partial charge in [0.1, 0.15) is 17.6 Å². The predicted molar refractivity (Wildman–Crippen MR) is 101 cm³/mol. The summed E-state index contributed by atoms with van der Waals surface area (Å²) in [7, 11) is 2.99. The summed E-state index contributed by atoms with van der Waals surface area (Å²) in [6.45, 7) is 0.147. The Morgan fingerprint density at radius 2 is 1.78 bits per heavy atom. The van der Waals surface area contributed by atoms with Crippen LogP contribution in [-0.2, 0) is 4.79 Å². The molecule has 0 atom stereocenters. The van der Waals surface area contributed by atoms with E-state index < -0.39 is 0 Å². The van der Waals surface area contributed by atoms with Gasteiger partial charge in [0, 0.05) is 30.3 Å². The molecular formula is C19H18ClN3O4. The Labute approximate surface area is 161 Å². The molecule has 2 aromatic rings. The summed E-state index contributed by atoms with van der Waals surface area (Å²) in [6, 6.07) is 11.4. The van der Waals surface area contributed by atoms with E-state index in [-0.39, 0.29) is 29.8 Å². The maximum absolute atomic E-state index is 12.2. The first-order valence-electron chi connectivity index (χ1n) is 7.97. The number of nitrogens with zero attached hydrogens (tertiary/aromatic N) is 1. The fourth-order valence-corrected chi connectivity index (χ4v) is 2.46. The van der Waals surface area contributed by atoms with Gasteiger partial charge in [-0.05, 0) is 30.3 Å². The predicted octanol–water partition coefficient (Wildman–Crippen LogP) is 2.99. The van der Waals surface area contributed by atoms with Crippen LogP contribution in [0.5, 0.6) is 11.5 Å². The van der Waals surface area contributed by atoms with Crippen LogP contribution in [-0.4, -0.2) is 32.6 Å². The second-order valence-corrected chi connectivity index (χ2v) is 5.87. The van der Waals surface area contributed by atoms with E-state index in [2.05, 4.69) is 10.6 Å². The van der Waals surface area contributed by atoms with Crippen molar-refractivity contribution < 1.29 is 19.1 Å². The van der Waals surface area contributed by atoms with Crippen molar-refractivity contribution in [1.82, 2.24) is 5.32 Å². The lowest BCUT2D eigenvalue weighted by molar-refractivity contribution is -0.116. The molecule has 140 valence electrons. The van der Waals surface area contributed by atoms with Crippen LogP contribution >= 0.6 is 11.6 Å². The Balaban J connectivity index is 1.88. The molecule has 0 spiro atoms. The van der Waals surface area contributed by atoms with E-state index in [1.54, 1.807) is 24.3 Å². The number of hydrogen-bond donors (Lipinski definition) is 2. The molecule has 0 aliphatic rings. The van der Waals surface area contributed by atoms with Crippen molar-refractivity contribution in [2.45, 2.75) is 6.42 Å². The van der Waals surface area contributed by atoms with Crippen LogP contribution in [0.15, 0.2) is 36.4 Å². The van der Waals surface area contributed by atoms with E-state index in [0.717, 1.165) is 0 Å². The van der Waals surface area contributed by atoms with Crippen molar-refractivity contribution in [3.05, 3.63) is 52.5 Å². The van der Waals surface area contributed by atoms with E-state index in [9.17, 15) is 9.59 Å². The topological polar surface area (TPSA) is 100 Å². The van der Waals surface area contributed by atoms with Gasteiger partial charge in [-0.1, -0.05) is 11.6 Å².